The number of carbonyl (C=O) groups is 2. The van der Waals surface area contributed by atoms with Gasteiger partial charge in [-0.1, -0.05) is 60.7 Å². The van der Waals surface area contributed by atoms with Gasteiger partial charge in [0.25, 0.3) is 0 Å². The van der Waals surface area contributed by atoms with Crippen LogP contribution in [0.3, 0.4) is 0 Å². The number of aromatic hydroxyl groups is 1. The minimum atomic E-state index is -0.885. The average molecular weight is 535 g/mol. The summed E-state index contributed by atoms with van der Waals surface area (Å²) >= 11 is 0. The second-order valence-corrected chi connectivity index (χ2v) is 10.4. The van der Waals surface area contributed by atoms with Gasteiger partial charge in [0.2, 0.25) is 5.91 Å². The van der Waals surface area contributed by atoms with Crippen LogP contribution >= 0.6 is 0 Å². The van der Waals surface area contributed by atoms with Crippen LogP contribution in [-0.4, -0.2) is 52.0 Å². The second-order valence-electron chi connectivity index (χ2n) is 10.4. The summed E-state index contributed by atoms with van der Waals surface area (Å²) in [6.07, 6.45) is 0.520. The third-order valence-electron chi connectivity index (χ3n) is 6.35. The Morgan fingerprint density at radius 3 is 2.33 bits per heavy atom. The van der Waals surface area contributed by atoms with E-state index in [0.29, 0.717) is 18.4 Å². The monoisotopic (exact) mass is 534 g/mol. The molecule has 3 rings (SSSR count). The zero-order valence-electron chi connectivity index (χ0n) is 22.4. The van der Waals surface area contributed by atoms with Crippen LogP contribution in [0.1, 0.15) is 42.2 Å². The lowest BCUT2D eigenvalue weighted by molar-refractivity contribution is -0.121. The molecule has 208 valence electrons. The highest BCUT2D eigenvalue weighted by molar-refractivity contribution is 5.89. The Morgan fingerprint density at radius 1 is 0.949 bits per heavy atom. The molecule has 3 aromatic rings. The molecule has 8 N–H and O–H groups in total. The van der Waals surface area contributed by atoms with E-state index >= 15 is 0 Å². The van der Waals surface area contributed by atoms with Gasteiger partial charge in [-0.15, -0.1) is 0 Å². The number of rotatable bonds is 13. The van der Waals surface area contributed by atoms with Crippen LogP contribution in [0.15, 0.2) is 72.8 Å². The molecule has 0 bridgehead atoms. The van der Waals surface area contributed by atoms with Gasteiger partial charge in [-0.3, -0.25) is 4.79 Å². The average Bonchev–Trinajstić information content (AvgIpc) is 2.88. The number of anilines is 1. The molecule has 3 aromatic carbocycles. The molecule has 0 aliphatic carbocycles. The Morgan fingerprint density at radius 2 is 1.64 bits per heavy atom. The maximum absolute atomic E-state index is 12.7. The SMILES string of the molecule is CC(C)(Cc1cccc(CC(=O)N[C@H](CO)Cc2ccccc2)c1)NC[C@@H](O)c1ccc(O)c(NC(N)=O)c1. The van der Waals surface area contributed by atoms with Gasteiger partial charge in [-0.2, -0.15) is 0 Å². The van der Waals surface area contributed by atoms with Crippen LogP contribution in [0, 0.1) is 0 Å². The van der Waals surface area contributed by atoms with E-state index < -0.39 is 12.1 Å². The molecule has 0 unspecified atom stereocenters. The van der Waals surface area contributed by atoms with Gasteiger partial charge in [0, 0.05) is 12.1 Å². The van der Waals surface area contributed by atoms with Crippen molar-refractivity contribution in [3.8, 4) is 5.75 Å². The van der Waals surface area contributed by atoms with Gasteiger partial charge < -0.3 is 37.0 Å². The van der Waals surface area contributed by atoms with Crippen LogP contribution in [0.2, 0.25) is 0 Å². The summed E-state index contributed by atoms with van der Waals surface area (Å²) in [6.45, 7) is 4.14. The third kappa shape index (κ3) is 9.72. The van der Waals surface area contributed by atoms with Crippen molar-refractivity contribution in [2.24, 2.45) is 5.73 Å². The van der Waals surface area contributed by atoms with Crippen molar-refractivity contribution in [3.05, 3.63) is 95.1 Å². The van der Waals surface area contributed by atoms with Gasteiger partial charge in [0.1, 0.15) is 5.75 Å². The number of phenolic OH excluding ortho intramolecular Hbond substituents is 1. The molecule has 0 fully saturated rings. The Labute approximate surface area is 229 Å². The Kier molecular flexibility index (Phi) is 10.4. The normalized spacial score (nSPS) is 12.9. The van der Waals surface area contributed by atoms with Crippen LogP contribution in [0.4, 0.5) is 10.5 Å². The molecule has 39 heavy (non-hydrogen) atoms. The van der Waals surface area contributed by atoms with Crippen molar-refractivity contribution >= 4 is 17.6 Å². The van der Waals surface area contributed by atoms with Crippen molar-refractivity contribution < 1.29 is 24.9 Å². The summed E-state index contributed by atoms with van der Waals surface area (Å²) in [7, 11) is 0. The Bertz CT molecular complexity index is 1250. The first kappa shape index (κ1) is 29.6. The minimum absolute atomic E-state index is 0.129. The summed E-state index contributed by atoms with van der Waals surface area (Å²) in [5, 5.41) is 38.9. The van der Waals surface area contributed by atoms with Crippen molar-refractivity contribution in [3.63, 3.8) is 0 Å². The molecule has 0 heterocycles. The number of phenols is 1. The predicted octanol–water partition coefficient (Wildman–Crippen LogP) is 2.79. The number of amides is 3. The molecular weight excluding hydrogens is 496 g/mol. The fourth-order valence-corrected chi connectivity index (χ4v) is 4.43. The first-order chi connectivity index (χ1) is 18.5. The first-order valence-corrected chi connectivity index (χ1v) is 12.9. The molecule has 9 nitrogen and oxygen atoms in total. The van der Waals surface area contributed by atoms with E-state index in [2.05, 4.69) is 16.0 Å². The number of primary amides is 1. The summed E-state index contributed by atoms with van der Waals surface area (Å²) < 4.78 is 0. The van der Waals surface area contributed by atoms with Crippen molar-refractivity contribution in [2.45, 2.75) is 50.8 Å². The molecular formula is C30H38N4O5. The van der Waals surface area contributed by atoms with E-state index in [9.17, 15) is 24.9 Å². The van der Waals surface area contributed by atoms with Gasteiger partial charge in [-0.25, -0.2) is 4.79 Å². The Balaban J connectivity index is 1.54. The van der Waals surface area contributed by atoms with Gasteiger partial charge in [0.15, 0.2) is 0 Å². The first-order valence-electron chi connectivity index (χ1n) is 12.9. The summed E-state index contributed by atoms with van der Waals surface area (Å²) in [6, 6.07) is 20.8. The molecule has 0 aromatic heterocycles. The van der Waals surface area contributed by atoms with E-state index in [4.69, 9.17) is 5.73 Å². The summed E-state index contributed by atoms with van der Waals surface area (Å²) in [5.74, 6) is -0.295. The van der Waals surface area contributed by atoms with Crippen molar-refractivity contribution in [2.75, 3.05) is 18.5 Å². The summed E-state index contributed by atoms with van der Waals surface area (Å²) in [4.78, 5) is 23.8. The van der Waals surface area contributed by atoms with E-state index in [-0.39, 0.29) is 48.5 Å². The molecule has 0 radical (unpaired) electrons. The molecule has 0 spiro atoms. The number of aliphatic hydroxyl groups is 2. The molecule has 0 aliphatic rings. The summed E-state index contributed by atoms with van der Waals surface area (Å²) in [5.41, 5.74) is 8.35. The number of benzene rings is 3. The van der Waals surface area contributed by atoms with E-state index in [1.807, 2.05) is 68.4 Å². The van der Waals surface area contributed by atoms with Crippen LogP contribution in [-0.2, 0) is 24.1 Å². The molecule has 0 aliphatic heterocycles. The van der Waals surface area contributed by atoms with Gasteiger partial charge >= 0.3 is 6.03 Å². The minimum Gasteiger partial charge on any atom is -0.506 e. The number of aliphatic hydroxyl groups excluding tert-OH is 2. The maximum Gasteiger partial charge on any atom is 0.316 e. The topological polar surface area (TPSA) is 157 Å². The quantitative estimate of drug-likeness (QED) is 0.167. The van der Waals surface area contributed by atoms with Crippen molar-refractivity contribution in [1.29, 1.82) is 0 Å². The lowest BCUT2D eigenvalue weighted by Gasteiger charge is -2.28. The van der Waals surface area contributed by atoms with Gasteiger partial charge in [0.05, 0.1) is 30.9 Å². The number of nitrogens with two attached hydrogens (primary N) is 1. The van der Waals surface area contributed by atoms with E-state index in [1.165, 1.54) is 12.1 Å². The lowest BCUT2D eigenvalue weighted by atomic mass is 9.93. The number of nitrogens with one attached hydrogen (secondary N) is 3. The molecule has 9 heteroatoms. The molecule has 0 saturated heterocycles. The zero-order chi connectivity index (χ0) is 28.4. The molecule has 3 amide bonds. The fraction of sp³-hybridized carbons (Fsp3) is 0.333. The largest absolute Gasteiger partial charge is 0.506 e. The lowest BCUT2D eigenvalue weighted by Crippen LogP contribution is -2.43. The van der Waals surface area contributed by atoms with Gasteiger partial charge in [-0.05, 0) is 61.1 Å². The zero-order valence-corrected chi connectivity index (χ0v) is 22.4. The molecule has 2 atom stereocenters. The highest BCUT2D eigenvalue weighted by Gasteiger charge is 2.21. The maximum atomic E-state index is 12.7. The number of hydrogen-bond acceptors (Lipinski definition) is 6. The van der Waals surface area contributed by atoms with E-state index in [0.717, 1.165) is 16.7 Å². The number of hydrogen-bond donors (Lipinski definition) is 7. The standard InChI is InChI=1S/C30H38N4O5/c1-30(2,32-18-27(37)23-11-12-26(36)25(16-23)34-29(31)39)17-22-10-6-9-21(13-22)15-28(38)33-24(19-35)14-20-7-4-3-5-8-20/h3-13,16,24,27,32,35-37H,14-15,17-19H2,1-2H3,(H,33,38)(H3,31,34,39)/t24-,27+/m0/s1. The smallest absolute Gasteiger partial charge is 0.316 e. The number of carbonyl (C=O) groups excluding carboxylic acids is 2. The highest BCUT2D eigenvalue weighted by atomic mass is 16.3. The third-order valence-corrected chi connectivity index (χ3v) is 6.35. The number of β-amino-alcohol motifs (C(OH)–C–C–N with tert-alkyl or cyclic N) is 1. The van der Waals surface area contributed by atoms with Crippen LogP contribution in [0.5, 0.6) is 5.75 Å². The van der Waals surface area contributed by atoms with E-state index in [1.54, 1.807) is 6.07 Å². The molecule has 0 saturated carbocycles. The van der Waals surface area contributed by atoms with Crippen LogP contribution in [0.25, 0.3) is 0 Å². The number of urea groups is 1. The Hall–Kier alpha value is -3.92. The second kappa shape index (κ2) is 13.7. The highest BCUT2D eigenvalue weighted by Crippen LogP contribution is 2.27. The van der Waals surface area contributed by atoms with Crippen LogP contribution < -0.4 is 21.7 Å². The fourth-order valence-electron chi connectivity index (χ4n) is 4.43. The van der Waals surface area contributed by atoms with Crippen molar-refractivity contribution in [1.82, 2.24) is 10.6 Å². The predicted molar refractivity (Wildman–Crippen MR) is 151 cm³/mol.